The molecule has 2 heterocycles. The monoisotopic (exact) mass is 759 g/mol. The van der Waals surface area contributed by atoms with E-state index < -0.39 is 135 Å². The number of rotatable bonds is 13. The van der Waals surface area contributed by atoms with Gasteiger partial charge in [-0.2, -0.15) is 0 Å². The summed E-state index contributed by atoms with van der Waals surface area (Å²) >= 11 is 0. The van der Waals surface area contributed by atoms with Gasteiger partial charge in [-0.25, -0.2) is 4.79 Å². The summed E-state index contributed by atoms with van der Waals surface area (Å²) in [6, 6.07) is 0. The number of ketones is 1. The van der Waals surface area contributed by atoms with Crippen LogP contribution in [0.1, 0.15) is 20.8 Å². The number of hydrogen-bond donors (Lipinski definition) is 19. The van der Waals surface area contributed by atoms with Gasteiger partial charge in [0.05, 0.1) is 38.1 Å². The first-order valence-corrected chi connectivity index (χ1v) is 15.5. The number of aliphatic hydroxyl groups is 17. The fourth-order valence-corrected chi connectivity index (χ4v) is 4.20. The van der Waals surface area contributed by atoms with Gasteiger partial charge >= 0.3 is 5.97 Å². The molecular formula is C28H57NO22. The molecule has 23 heteroatoms. The third-order valence-electron chi connectivity index (χ3n) is 7.64. The largest absolute Gasteiger partial charge is 0.479 e. The minimum Gasteiger partial charge on any atom is -0.479 e. The molecule has 0 aromatic carbocycles. The lowest BCUT2D eigenvalue weighted by Crippen LogP contribution is -2.58. The number of carbonyl (C=O) groups is 2. The SMILES string of the molecule is CC(=O)[C@H](O)[C@@H](O)[C@H](O)[C@H](O)CO.CNC[C@H](O)[C@@H](O)[C@H](O)[C@H](O)CO.C[C@@H]1O[C@H](C(=O)O)[C@@H](O)[C@H](O)[C@H]1O.C[C@@H]1O[C@H](CO)[C@@H](O)[C@H](O)[C@H]1O. The Bertz CT molecular complexity index is 944. The van der Waals surface area contributed by atoms with Crippen LogP contribution in [0, 0.1) is 0 Å². The Labute approximate surface area is 292 Å². The third-order valence-corrected chi connectivity index (χ3v) is 7.64. The van der Waals surface area contributed by atoms with Crippen LogP contribution in [0.5, 0.6) is 0 Å². The summed E-state index contributed by atoms with van der Waals surface area (Å²) in [5, 5.41) is 164. The van der Waals surface area contributed by atoms with Crippen molar-refractivity contribution in [3.63, 3.8) is 0 Å². The number of aliphatic carboxylic acids is 1. The zero-order chi connectivity index (χ0) is 40.5. The van der Waals surface area contributed by atoms with E-state index in [1.165, 1.54) is 6.92 Å². The summed E-state index contributed by atoms with van der Waals surface area (Å²) in [6.07, 6.45) is -24.1. The van der Waals surface area contributed by atoms with Crippen LogP contribution < -0.4 is 5.32 Å². The molecule has 51 heavy (non-hydrogen) atoms. The predicted octanol–water partition coefficient (Wildman–Crippen LogP) is -10.6. The molecule has 0 amide bonds. The Morgan fingerprint density at radius 3 is 1.37 bits per heavy atom. The Morgan fingerprint density at radius 1 is 0.608 bits per heavy atom. The summed E-state index contributed by atoms with van der Waals surface area (Å²) in [5.74, 6) is -2.08. The minimum atomic E-state index is -1.79. The van der Waals surface area contributed by atoms with Crippen molar-refractivity contribution in [3.05, 3.63) is 0 Å². The zero-order valence-electron chi connectivity index (χ0n) is 28.4. The van der Waals surface area contributed by atoms with Gasteiger partial charge in [-0.15, -0.1) is 0 Å². The number of carbonyl (C=O) groups excluding carboxylic acids is 1. The quantitative estimate of drug-likeness (QED) is 0.0828. The Balaban J connectivity index is 0. The molecule has 0 radical (unpaired) electrons. The molecule has 0 aliphatic carbocycles. The molecular weight excluding hydrogens is 702 g/mol. The van der Waals surface area contributed by atoms with Gasteiger partial charge in [0.25, 0.3) is 0 Å². The van der Waals surface area contributed by atoms with Crippen molar-refractivity contribution in [1.82, 2.24) is 5.32 Å². The maximum Gasteiger partial charge on any atom is 0.335 e. The lowest BCUT2D eigenvalue weighted by Gasteiger charge is -2.38. The van der Waals surface area contributed by atoms with Gasteiger partial charge in [-0.3, -0.25) is 4.79 Å². The van der Waals surface area contributed by atoms with Gasteiger partial charge in [0, 0.05) is 6.54 Å². The number of ether oxygens (including phenoxy) is 2. The Morgan fingerprint density at radius 2 is 1.00 bits per heavy atom. The number of hydrogen-bond acceptors (Lipinski definition) is 22. The van der Waals surface area contributed by atoms with Gasteiger partial charge < -0.3 is 107 Å². The first-order valence-electron chi connectivity index (χ1n) is 15.5. The van der Waals surface area contributed by atoms with Crippen LogP contribution in [0.3, 0.4) is 0 Å². The van der Waals surface area contributed by atoms with Crippen LogP contribution in [-0.4, -0.2) is 247 Å². The number of Topliss-reactive ketones (excluding diaryl/α,β-unsaturated/α-hetero) is 1. The third kappa shape index (κ3) is 16.5. The maximum atomic E-state index is 10.5. The molecule has 2 rings (SSSR count). The second-order valence-corrected chi connectivity index (χ2v) is 11.7. The van der Waals surface area contributed by atoms with Crippen LogP contribution in [0.15, 0.2) is 0 Å². The molecule has 2 aliphatic heterocycles. The van der Waals surface area contributed by atoms with Gasteiger partial charge in [0.15, 0.2) is 11.9 Å². The van der Waals surface area contributed by atoms with E-state index in [1.54, 1.807) is 14.0 Å². The highest BCUT2D eigenvalue weighted by Gasteiger charge is 2.45. The molecule has 2 aliphatic rings. The average Bonchev–Trinajstić information content (AvgIpc) is 3.10. The average molecular weight is 760 g/mol. The zero-order valence-corrected chi connectivity index (χ0v) is 28.4. The van der Waals surface area contributed by atoms with E-state index in [-0.39, 0.29) is 13.2 Å². The van der Waals surface area contributed by atoms with Gasteiger partial charge in [0.2, 0.25) is 0 Å². The summed E-state index contributed by atoms with van der Waals surface area (Å²) < 4.78 is 9.80. The first-order chi connectivity index (χ1) is 23.5. The molecule has 18 atom stereocenters. The normalized spacial score (nSPS) is 33.8. The van der Waals surface area contributed by atoms with E-state index >= 15 is 0 Å². The van der Waals surface area contributed by atoms with E-state index in [4.69, 9.17) is 65.6 Å². The fourth-order valence-electron chi connectivity index (χ4n) is 4.20. The first kappa shape index (κ1) is 51.4. The highest BCUT2D eigenvalue weighted by Crippen LogP contribution is 2.21. The fraction of sp³-hybridized carbons (Fsp3) is 0.929. The molecule has 2 fully saturated rings. The molecule has 0 spiro atoms. The number of nitrogens with one attached hydrogen (secondary N) is 1. The summed E-state index contributed by atoms with van der Waals surface area (Å²) in [6.45, 7) is 2.34. The molecule has 2 saturated heterocycles. The van der Waals surface area contributed by atoms with Crippen LogP contribution in [0.25, 0.3) is 0 Å². The van der Waals surface area contributed by atoms with Crippen molar-refractivity contribution >= 4 is 11.8 Å². The van der Waals surface area contributed by atoms with E-state index in [1.807, 2.05) is 0 Å². The molecule has 0 bridgehead atoms. The van der Waals surface area contributed by atoms with Crippen LogP contribution in [0.2, 0.25) is 0 Å². The van der Waals surface area contributed by atoms with Crippen molar-refractivity contribution in [2.45, 2.75) is 131 Å². The van der Waals surface area contributed by atoms with Crippen molar-refractivity contribution < 1.29 is 111 Å². The molecule has 0 unspecified atom stereocenters. The Hall–Kier alpha value is -1.66. The van der Waals surface area contributed by atoms with Crippen molar-refractivity contribution in [2.24, 2.45) is 0 Å². The maximum absolute atomic E-state index is 10.5. The molecule has 0 aromatic rings. The summed E-state index contributed by atoms with van der Waals surface area (Å²) in [7, 11) is 1.57. The molecule has 0 saturated carbocycles. The highest BCUT2D eigenvalue weighted by atomic mass is 16.6. The van der Waals surface area contributed by atoms with E-state index in [9.17, 15) is 45.3 Å². The standard InChI is InChI=1S/C7H17NO5.C7H12O6.C7H14O6.C7H14O5/c1-8-2-4(10)6(12)7(13)5(11)3-9;1-2-3(8)4(9)5(10)6(13-2)7(11)12;1-3(9)5(11)7(13)6(12)4(10)2-8;1-3-5(9)7(11)6(10)4(2-8)12-3/h4-13H,2-3H2,1H3;2-6,8-10H,1H3,(H,11,12);4-8,10-13H,2H2,1H3;3-11H,2H2,1H3/t4-,5+,6+,7+;2-,3-,4+,5-,6-;4-,5+,6-,7-;3-,4+,5-,6+,7+/m0010/s1. The lowest BCUT2D eigenvalue weighted by atomic mass is 9.96. The van der Waals surface area contributed by atoms with E-state index in [0.29, 0.717) is 0 Å². The predicted molar refractivity (Wildman–Crippen MR) is 166 cm³/mol. The second kappa shape index (κ2) is 25.4. The van der Waals surface area contributed by atoms with Gasteiger partial charge in [0.1, 0.15) is 85.5 Å². The molecule has 19 N–H and O–H groups in total. The number of likely N-dealkylation sites (N-methyl/N-ethyl adjacent to an activating group) is 1. The number of carboxylic acid groups (broad SMARTS) is 1. The smallest absolute Gasteiger partial charge is 0.335 e. The molecule has 23 nitrogen and oxygen atoms in total. The summed E-state index contributed by atoms with van der Waals surface area (Å²) in [4.78, 5) is 21.0. The van der Waals surface area contributed by atoms with Gasteiger partial charge in [-0.05, 0) is 27.8 Å². The van der Waals surface area contributed by atoms with Crippen molar-refractivity contribution in [3.8, 4) is 0 Å². The Kier molecular flexibility index (Phi) is 25.6. The lowest BCUT2D eigenvalue weighted by molar-refractivity contribution is -0.224. The number of carboxylic acids is 1. The van der Waals surface area contributed by atoms with Crippen molar-refractivity contribution in [2.75, 3.05) is 33.4 Å². The summed E-state index contributed by atoms with van der Waals surface area (Å²) in [5.41, 5.74) is 0. The molecule has 0 aromatic heterocycles. The van der Waals surface area contributed by atoms with Crippen LogP contribution in [0.4, 0.5) is 0 Å². The van der Waals surface area contributed by atoms with Crippen LogP contribution in [-0.2, 0) is 19.1 Å². The van der Waals surface area contributed by atoms with E-state index in [2.05, 4.69) is 5.32 Å². The second-order valence-electron chi connectivity index (χ2n) is 11.7. The van der Waals surface area contributed by atoms with Gasteiger partial charge in [-0.1, -0.05) is 0 Å². The van der Waals surface area contributed by atoms with E-state index in [0.717, 1.165) is 6.92 Å². The minimum absolute atomic E-state index is 0.0936. The highest BCUT2D eigenvalue weighted by molar-refractivity contribution is 5.80. The molecule has 306 valence electrons. The van der Waals surface area contributed by atoms with Crippen LogP contribution >= 0.6 is 0 Å². The van der Waals surface area contributed by atoms with Crippen molar-refractivity contribution in [1.29, 1.82) is 0 Å². The topological polar surface area (TPSA) is 429 Å². The number of aliphatic hydroxyl groups excluding tert-OH is 17.